The summed E-state index contributed by atoms with van der Waals surface area (Å²) in [5, 5.41) is 2.97. The van der Waals surface area contributed by atoms with Crippen molar-refractivity contribution in [2.24, 2.45) is 0 Å². The third-order valence-electron chi connectivity index (χ3n) is 6.19. The Balaban J connectivity index is 1.49. The Bertz CT molecular complexity index is 1220. The fourth-order valence-corrected chi connectivity index (χ4v) is 5.97. The van der Waals surface area contributed by atoms with E-state index in [1.807, 2.05) is 48.5 Å². The van der Waals surface area contributed by atoms with Gasteiger partial charge < -0.3 is 15.0 Å². The van der Waals surface area contributed by atoms with Crippen molar-refractivity contribution in [3.8, 4) is 5.75 Å². The number of carbonyl (C=O) groups is 2. The number of carbonyl (C=O) groups excluding carboxylic acids is 2. The summed E-state index contributed by atoms with van der Waals surface area (Å²) < 4.78 is 18.9. The van der Waals surface area contributed by atoms with Crippen LogP contribution in [0.4, 0.5) is 14.9 Å². The van der Waals surface area contributed by atoms with Gasteiger partial charge in [-0.05, 0) is 41.5 Å². The molecular formula is C26H24FN3O3S. The second kappa shape index (κ2) is 9.02. The zero-order chi connectivity index (χ0) is 23.7. The number of nitrogens with zero attached hydrogens (tertiary/aromatic N) is 2. The number of halogens is 1. The van der Waals surface area contributed by atoms with Gasteiger partial charge in [0.1, 0.15) is 11.6 Å². The van der Waals surface area contributed by atoms with Gasteiger partial charge in [-0.25, -0.2) is 9.18 Å². The van der Waals surface area contributed by atoms with Crippen LogP contribution in [0.5, 0.6) is 5.75 Å². The molecule has 0 saturated carbocycles. The normalized spacial score (nSPS) is 18.9. The first-order valence-electron chi connectivity index (χ1n) is 11.0. The number of ether oxygens (including phenoxy) is 1. The van der Waals surface area contributed by atoms with Gasteiger partial charge in [-0.2, -0.15) is 0 Å². The van der Waals surface area contributed by atoms with Crippen LogP contribution in [0.15, 0.2) is 72.8 Å². The van der Waals surface area contributed by atoms with Gasteiger partial charge in [0.15, 0.2) is 4.87 Å². The minimum Gasteiger partial charge on any atom is -0.497 e. The largest absolute Gasteiger partial charge is 0.497 e. The molecule has 1 spiro atoms. The van der Waals surface area contributed by atoms with E-state index in [4.69, 9.17) is 4.74 Å². The third kappa shape index (κ3) is 3.77. The smallest absolute Gasteiger partial charge is 0.319 e. The highest BCUT2D eigenvalue weighted by molar-refractivity contribution is 8.01. The van der Waals surface area contributed by atoms with E-state index >= 15 is 0 Å². The number of urea groups is 1. The number of fused-ring (bicyclic) bond motifs is 2. The van der Waals surface area contributed by atoms with Gasteiger partial charge in [-0.3, -0.25) is 9.69 Å². The molecule has 3 aromatic rings. The van der Waals surface area contributed by atoms with Crippen LogP contribution in [0.2, 0.25) is 0 Å². The molecule has 174 valence electrons. The quantitative estimate of drug-likeness (QED) is 0.588. The average molecular weight is 478 g/mol. The topological polar surface area (TPSA) is 61.9 Å². The second-order valence-corrected chi connectivity index (χ2v) is 9.48. The van der Waals surface area contributed by atoms with Crippen molar-refractivity contribution in [3.05, 3.63) is 95.3 Å². The molecule has 1 atom stereocenters. The predicted octanol–water partition coefficient (Wildman–Crippen LogP) is 4.49. The molecule has 0 bridgehead atoms. The number of thioether (sulfide) groups is 1. The van der Waals surface area contributed by atoms with Gasteiger partial charge >= 0.3 is 6.03 Å². The van der Waals surface area contributed by atoms with E-state index in [1.54, 1.807) is 29.0 Å². The Labute approximate surface area is 201 Å². The maximum absolute atomic E-state index is 14.0. The number of hydrogen-bond donors (Lipinski definition) is 1. The van der Waals surface area contributed by atoms with E-state index in [1.165, 1.54) is 23.9 Å². The summed E-state index contributed by atoms with van der Waals surface area (Å²) >= 11 is 1.46. The van der Waals surface area contributed by atoms with E-state index < -0.39 is 4.87 Å². The lowest BCUT2D eigenvalue weighted by atomic mass is 10.1. The van der Waals surface area contributed by atoms with Crippen molar-refractivity contribution in [1.82, 2.24) is 10.2 Å². The van der Waals surface area contributed by atoms with Gasteiger partial charge in [0.2, 0.25) is 0 Å². The van der Waals surface area contributed by atoms with E-state index in [9.17, 15) is 14.0 Å². The third-order valence-corrected chi connectivity index (χ3v) is 7.61. The molecule has 3 amide bonds. The lowest BCUT2D eigenvalue weighted by Crippen LogP contribution is -2.53. The zero-order valence-corrected chi connectivity index (χ0v) is 19.5. The molecule has 34 heavy (non-hydrogen) atoms. The lowest BCUT2D eigenvalue weighted by Gasteiger charge is -2.33. The van der Waals surface area contributed by atoms with Gasteiger partial charge in [0.05, 0.1) is 19.3 Å². The van der Waals surface area contributed by atoms with Gasteiger partial charge in [-0.1, -0.05) is 42.5 Å². The molecule has 2 heterocycles. The summed E-state index contributed by atoms with van der Waals surface area (Å²) in [6, 6.07) is 21.0. The van der Waals surface area contributed by atoms with Crippen molar-refractivity contribution in [2.45, 2.75) is 18.0 Å². The molecule has 2 aliphatic heterocycles. The fraction of sp³-hybridized carbons (Fsp3) is 0.231. The molecule has 3 aromatic carbocycles. The molecule has 1 saturated heterocycles. The Hall–Kier alpha value is -3.52. The Kier molecular flexibility index (Phi) is 5.91. The first-order chi connectivity index (χ1) is 16.5. The van der Waals surface area contributed by atoms with Crippen LogP contribution in [0.3, 0.4) is 0 Å². The molecule has 1 N–H and O–H groups in total. The van der Waals surface area contributed by atoms with Crippen LogP contribution in [-0.2, 0) is 22.8 Å². The van der Waals surface area contributed by atoms with E-state index in [0.29, 0.717) is 24.6 Å². The van der Waals surface area contributed by atoms with Crippen LogP contribution in [0.1, 0.15) is 16.7 Å². The number of methoxy groups -OCH3 is 1. The highest BCUT2D eigenvalue weighted by atomic mass is 32.2. The molecule has 5 rings (SSSR count). The summed E-state index contributed by atoms with van der Waals surface area (Å²) in [6.07, 6.45) is 0. The van der Waals surface area contributed by atoms with Crippen LogP contribution in [0.25, 0.3) is 0 Å². The average Bonchev–Trinajstić information content (AvgIpc) is 3.41. The number of hydrogen-bond acceptors (Lipinski definition) is 4. The first kappa shape index (κ1) is 22.3. The summed E-state index contributed by atoms with van der Waals surface area (Å²) in [5.41, 5.74) is 3.24. The number of nitrogens with one attached hydrogen (secondary N) is 1. The van der Waals surface area contributed by atoms with Gasteiger partial charge in [0.25, 0.3) is 5.91 Å². The number of rotatable bonds is 5. The SMILES string of the molecule is COc1ccc2c(c1)[C@@]1(SCCN1C(=O)NCc1ccccc1)C(=O)N2Cc1ccc(F)cc1. The van der Waals surface area contributed by atoms with E-state index in [2.05, 4.69) is 5.32 Å². The zero-order valence-electron chi connectivity index (χ0n) is 18.7. The minimum atomic E-state index is -1.18. The maximum atomic E-state index is 14.0. The number of anilines is 1. The van der Waals surface area contributed by atoms with E-state index in [0.717, 1.165) is 22.4 Å². The van der Waals surface area contributed by atoms with Crippen molar-refractivity contribution in [1.29, 1.82) is 0 Å². The number of amides is 3. The monoisotopic (exact) mass is 477 g/mol. The number of benzene rings is 3. The van der Waals surface area contributed by atoms with Gasteiger partial charge in [0, 0.05) is 24.4 Å². The molecule has 0 unspecified atom stereocenters. The fourth-order valence-electron chi connectivity index (χ4n) is 4.52. The van der Waals surface area contributed by atoms with Crippen molar-refractivity contribution in [2.75, 3.05) is 24.3 Å². The maximum Gasteiger partial charge on any atom is 0.319 e. The second-order valence-electron chi connectivity index (χ2n) is 8.19. The molecule has 8 heteroatoms. The standard InChI is InChI=1S/C26H24FN3O3S/c1-33-21-11-12-23-22(15-21)26(24(31)29(23)17-19-7-9-20(27)10-8-19)30(13-14-34-26)25(32)28-16-18-5-3-2-4-6-18/h2-12,15H,13-14,16-17H2,1H3,(H,28,32)/t26-/m1/s1. The van der Waals surface area contributed by atoms with Crippen molar-refractivity contribution in [3.63, 3.8) is 0 Å². The van der Waals surface area contributed by atoms with Crippen molar-refractivity contribution >= 4 is 29.4 Å². The highest BCUT2D eigenvalue weighted by Gasteiger charge is 2.59. The Morgan fingerprint density at radius 1 is 1.09 bits per heavy atom. The van der Waals surface area contributed by atoms with Crippen LogP contribution < -0.4 is 15.0 Å². The lowest BCUT2D eigenvalue weighted by molar-refractivity contribution is -0.123. The summed E-state index contributed by atoms with van der Waals surface area (Å²) in [4.78, 5) is 29.5. The first-order valence-corrected chi connectivity index (χ1v) is 12.0. The van der Waals surface area contributed by atoms with Crippen LogP contribution in [-0.4, -0.2) is 36.2 Å². The Morgan fingerprint density at radius 3 is 2.59 bits per heavy atom. The van der Waals surface area contributed by atoms with Crippen molar-refractivity contribution < 1.29 is 18.7 Å². The summed E-state index contributed by atoms with van der Waals surface area (Å²) in [6.45, 7) is 1.09. The minimum absolute atomic E-state index is 0.183. The van der Waals surface area contributed by atoms with Crippen LogP contribution >= 0.6 is 11.8 Å². The van der Waals surface area contributed by atoms with Crippen LogP contribution in [0, 0.1) is 5.82 Å². The molecule has 2 aliphatic rings. The van der Waals surface area contributed by atoms with E-state index in [-0.39, 0.29) is 24.3 Å². The Morgan fingerprint density at radius 2 is 1.85 bits per heavy atom. The molecule has 0 aliphatic carbocycles. The van der Waals surface area contributed by atoms with Gasteiger partial charge in [-0.15, -0.1) is 11.8 Å². The highest BCUT2D eigenvalue weighted by Crippen LogP contribution is 2.55. The molecule has 6 nitrogen and oxygen atoms in total. The predicted molar refractivity (Wildman–Crippen MR) is 130 cm³/mol. The summed E-state index contributed by atoms with van der Waals surface area (Å²) in [7, 11) is 1.58. The molecule has 1 fully saturated rings. The molecule has 0 aromatic heterocycles. The molecular weight excluding hydrogens is 453 g/mol. The summed E-state index contributed by atoms with van der Waals surface area (Å²) in [5.74, 6) is 0.737. The molecule has 0 radical (unpaired) electrons.